The molecule has 3 aromatic rings. The highest BCUT2D eigenvalue weighted by molar-refractivity contribution is 5.94. The average Bonchev–Trinajstić information content (AvgIpc) is 2.83. The summed E-state index contributed by atoms with van der Waals surface area (Å²) in [6.45, 7) is -0.687. The molecule has 0 bridgehead atoms. The van der Waals surface area contributed by atoms with Crippen molar-refractivity contribution in [2.75, 3.05) is 20.8 Å². The maximum Gasteiger partial charge on any atom is 0.205 e. The summed E-state index contributed by atoms with van der Waals surface area (Å²) in [6, 6.07) is 7.03. The molecule has 1 fully saturated rings. The van der Waals surface area contributed by atoms with Crippen LogP contribution in [0.25, 0.3) is 22.3 Å². The molecular formula is C23H24O11. The van der Waals surface area contributed by atoms with Gasteiger partial charge >= 0.3 is 0 Å². The largest absolute Gasteiger partial charge is 0.508 e. The van der Waals surface area contributed by atoms with Crippen LogP contribution in [0.2, 0.25) is 0 Å². The quantitative estimate of drug-likeness (QED) is 0.300. The molecule has 0 saturated carbocycles. The molecular weight excluding hydrogens is 452 g/mol. The first-order valence-electron chi connectivity index (χ1n) is 10.3. The molecule has 34 heavy (non-hydrogen) atoms. The van der Waals surface area contributed by atoms with Crippen LogP contribution in [0.5, 0.6) is 23.0 Å². The normalized spacial score (nSPS) is 24.8. The van der Waals surface area contributed by atoms with E-state index in [1.54, 1.807) is 0 Å². The van der Waals surface area contributed by atoms with Crippen molar-refractivity contribution in [2.45, 2.75) is 30.5 Å². The number of hydrogen-bond acceptors (Lipinski definition) is 11. The number of aliphatic hydroxyl groups excluding tert-OH is 4. The van der Waals surface area contributed by atoms with Gasteiger partial charge in [0.1, 0.15) is 53.2 Å². The van der Waals surface area contributed by atoms with Gasteiger partial charge in [-0.25, -0.2) is 0 Å². The minimum atomic E-state index is -1.75. The fourth-order valence-electron chi connectivity index (χ4n) is 4.11. The number of ether oxygens (including phenoxy) is 3. The Morgan fingerprint density at radius 1 is 0.941 bits per heavy atom. The van der Waals surface area contributed by atoms with Crippen LogP contribution in [0.3, 0.4) is 0 Å². The summed E-state index contributed by atoms with van der Waals surface area (Å²) in [5.41, 5.74) is -0.571. The van der Waals surface area contributed by atoms with E-state index in [-0.39, 0.29) is 39.5 Å². The third-order valence-electron chi connectivity index (χ3n) is 5.83. The second kappa shape index (κ2) is 9.12. The van der Waals surface area contributed by atoms with Crippen LogP contribution in [0.4, 0.5) is 0 Å². The van der Waals surface area contributed by atoms with Crippen molar-refractivity contribution in [3.05, 3.63) is 46.1 Å². The van der Waals surface area contributed by atoms with Crippen molar-refractivity contribution in [3.8, 4) is 34.3 Å². The van der Waals surface area contributed by atoms with Gasteiger partial charge in [-0.05, 0) is 24.3 Å². The van der Waals surface area contributed by atoms with Crippen LogP contribution in [0.1, 0.15) is 11.7 Å². The van der Waals surface area contributed by atoms with Crippen molar-refractivity contribution in [1.82, 2.24) is 0 Å². The number of phenols is 2. The minimum Gasteiger partial charge on any atom is -0.508 e. The lowest BCUT2D eigenvalue weighted by Crippen LogP contribution is -2.55. The maximum absolute atomic E-state index is 13.1. The van der Waals surface area contributed by atoms with Crippen LogP contribution in [0.15, 0.2) is 39.5 Å². The average molecular weight is 476 g/mol. The molecule has 182 valence electrons. The Morgan fingerprint density at radius 2 is 1.59 bits per heavy atom. The van der Waals surface area contributed by atoms with Gasteiger partial charge in [0.2, 0.25) is 5.75 Å². The van der Waals surface area contributed by atoms with Gasteiger partial charge in [0.05, 0.1) is 26.4 Å². The standard InChI is InChI=1S/C23H24O11/c1-31-21-15(20-19(30)18(29)16(27)13(8-24)34-20)17(28)14-11(26)7-12(33-22(14)23(21)32-2)9-3-5-10(25)6-4-9/h3-7,13,16,18-20,24-25,27-30H,8H2,1-2H3/t13-,16-,18+,19-,20+/m1/s1. The summed E-state index contributed by atoms with van der Waals surface area (Å²) < 4.78 is 22.3. The summed E-state index contributed by atoms with van der Waals surface area (Å²) in [5.74, 6) is -0.753. The molecule has 2 heterocycles. The number of benzene rings is 2. The number of fused-ring (bicyclic) bond motifs is 1. The van der Waals surface area contributed by atoms with E-state index in [1.165, 1.54) is 38.5 Å². The van der Waals surface area contributed by atoms with E-state index < -0.39 is 48.3 Å². The van der Waals surface area contributed by atoms with Gasteiger partial charge in [-0.3, -0.25) is 4.79 Å². The molecule has 1 aromatic heterocycles. The summed E-state index contributed by atoms with van der Waals surface area (Å²) in [5, 5.41) is 60.8. The molecule has 4 rings (SSSR count). The lowest BCUT2D eigenvalue weighted by Gasteiger charge is -2.40. The van der Waals surface area contributed by atoms with Gasteiger partial charge in [0.25, 0.3) is 0 Å². The molecule has 2 aromatic carbocycles. The zero-order valence-corrected chi connectivity index (χ0v) is 18.2. The first kappa shape index (κ1) is 23.8. The third-order valence-corrected chi connectivity index (χ3v) is 5.83. The zero-order valence-electron chi connectivity index (χ0n) is 18.2. The zero-order chi connectivity index (χ0) is 24.7. The van der Waals surface area contributed by atoms with E-state index >= 15 is 0 Å². The fourth-order valence-corrected chi connectivity index (χ4v) is 4.11. The van der Waals surface area contributed by atoms with Crippen molar-refractivity contribution in [2.24, 2.45) is 0 Å². The van der Waals surface area contributed by atoms with E-state index in [9.17, 15) is 35.4 Å². The van der Waals surface area contributed by atoms with E-state index in [0.717, 1.165) is 6.07 Å². The molecule has 6 N–H and O–H groups in total. The van der Waals surface area contributed by atoms with Crippen LogP contribution < -0.4 is 14.9 Å². The number of phenolic OH excluding ortho intramolecular Hbond substituents is 2. The molecule has 11 heteroatoms. The van der Waals surface area contributed by atoms with E-state index in [0.29, 0.717) is 5.56 Å². The van der Waals surface area contributed by atoms with Crippen LogP contribution in [-0.4, -0.2) is 75.9 Å². The summed E-state index contributed by atoms with van der Waals surface area (Å²) in [7, 11) is 2.52. The van der Waals surface area contributed by atoms with E-state index in [4.69, 9.17) is 18.6 Å². The van der Waals surface area contributed by atoms with Crippen molar-refractivity contribution >= 4 is 11.0 Å². The second-order valence-electron chi connectivity index (χ2n) is 7.80. The van der Waals surface area contributed by atoms with Gasteiger partial charge in [0, 0.05) is 11.6 Å². The highest BCUT2D eigenvalue weighted by atomic mass is 16.5. The maximum atomic E-state index is 13.1. The molecule has 0 aliphatic carbocycles. The number of rotatable bonds is 5. The summed E-state index contributed by atoms with van der Waals surface area (Å²) >= 11 is 0. The monoisotopic (exact) mass is 476 g/mol. The van der Waals surface area contributed by atoms with Gasteiger partial charge in [0.15, 0.2) is 16.8 Å². The number of methoxy groups -OCH3 is 2. The first-order chi connectivity index (χ1) is 16.2. The van der Waals surface area contributed by atoms with Crippen LogP contribution in [-0.2, 0) is 4.74 Å². The molecule has 1 aliphatic rings. The molecule has 0 unspecified atom stereocenters. The highest BCUT2D eigenvalue weighted by Crippen LogP contribution is 2.50. The lowest BCUT2D eigenvalue weighted by atomic mass is 9.89. The van der Waals surface area contributed by atoms with E-state index in [2.05, 4.69) is 0 Å². The lowest BCUT2D eigenvalue weighted by molar-refractivity contribution is -0.232. The van der Waals surface area contributed by atoms with Gasteiger partial charge in [-0.2, -0.15) is 0 Å². The van der Waals surface area contributed by atoms with Crippen LogP contribution >= 0.6 is 0 Å². The summed E-state index contributed by atoms with van der Waals surface area (Å²) in [4.78, 5) is 13.1. The molecule has 5 atom stereocenters. The SMILES string of the molecule is COc1c([C@@H]2O[C@H](CO)[C@@H](O)[C@H](O)[C@H]2O)c(O)c2c(=O)cc(-c3ccc(O)cc3)oc2c1OC. The highest BCUT2D eigenvalue weighted by Gasteiger charge is 2.47. The molecule has 11 nitrogen and oxygen atoms in total. The number of aliphatic hydroxyl groups is 4. The summed E-state index contributed by atoms with van der Waals surface area (Å²) in [6.07, 6.45) is -7.86. The fraction of sp³-hybridized carbons (Fsp3) is 0.348. The third kappa shape index (κ3) is 3.73. The van der Waals surface area contributed by atoms with E-state index in [1.807, 2.05) is 0 Å². The Hall–Kier alpha value is -3.35. The smallest absolute Gasteiger partial charge is 0.205 e. The molecule has 1 aliphatic heterocycles. The van der Waals surface area contributed by atoms with Crippen molar-refractivity contribution < 1.29 is 49.3 Å². The van der Waals surface area contributed by atoms with Gasteiger partial charge < -0.3 is 49.3 Å². The Balaban J connectivity index is 1.99. The molecule has 0 radical (unpaired) electrons. The number of aromatic hydroxyl groups is 2. The Kier molecular flexibility index (Phi) is 6.39. The molecule has 0 spiro atoms. The predicted octanol–water partition coefficient (Wildman–Crippen LogP) is 0.403. The molecule has 1 saturated heterocycles. The van der Waals surface area contributed by atoms with Crippen molar-refractivity contribution in [3.63, 3.8) is 0 Å². The second-order valence-corrected chi connectivity index (χ2v) is 7.80. The Bertz CT molecular complexity index is 1250. The minimum absolute atomic E-state index is 0.0213. The topological polar surface area (TPSA) is 179 Å². The van der Waals surface area contributed by atoms with Gasteiger partial charge in [-0.1, -0.05) is 0 Å². The van der Waals surface area contributed by atoms with Gasteiger partial charge in [-0.15, -0.1) is 0 Å². The first-order valence-corrected chi connectivity index (χ1v) is 10.3. The van der Waals surface area contributed by atoms with Crippen LogP contribution in [0, 0.1) is 0 Å². The predicted molar refractivity (Wildman–Crippen MR) is 117 cm³/mol. The Morgan fingerprint density at radius 3 is 2.18 bits per heavy atom. The Labute approximate surface area is 192 Å². The number of hydrogen-bond donors (Lipinski definition) is 6. The van der Waals surface area contributed by atoms with Crippen molar-refractivity contribution in [1.29, 1.82) is 0 Å². The molecule has 0 amide bonds.